The average molecular weight is 269 g/mol. The summed E-state index contributed by atoms with van der Waals surface area (Å²) in [6.07, 6.45) is -0.281. The SMILES string of the molecule is COc1cccc(CNC(C)C(OC)OC)c1OC. The Labute approximate surface area is 114 Å². The lowest BCUT2D eigenvalue weighted by atomic mass is 10.1. The summed E-state index contributed by atoms with van der Waals surface area (Å²) in [4.78, 5) is 0. The van der Waals surface area contributed by atoms with Crippen molar-refractivity contribution in [3.8, 4) is 11.5 Å². The minimum Gasteiger partial charge on any atom is -0.493 e. The summed E-state index contributed by atoms with van der Waals surface area (Å²) in [5.74, 6) is 1.47. The summed E-state index contributed by atoms with van der Waals surface area (Å²) >= 11 is 0. The van der Waals surface area contributed by atoms with Gasteiger partial charge in [0.1, 0.15) is 0 Å². The van der Waals surface area contributed by atoms with Gasteiger partial charge in [0.05, 0.1) is 20.3 Å². The van der Waals surface area contributed by atoms with Gasteiger partial charge in [-0.3, -0.25) is 0 Å². The zero-order chi connectivity index (χ0) is 14.3. The normalized spacial score (nSPS) is 12.5. The Morgan fingerprint density at radius 2 is 1.74 bits per heavy atom. The van der Waals surface area contributed by atoms with E-state index in [1.807, 2.05) is 25.1 Å². The van der Waals surface area contributed by atoms with Crippen molar-refractivity contribution in [3.05, 3.63) is 23.8 Å². The zero-order valence-electron chi connectivity index (χ0n) is 12.2. The first-order valence-electron chi connectivity index (χ1n) is 6.16. The van der Waals surface area contributed by atoms with E-state index in [9.17, 15) is 0 Å². The maximum Gasteiger partial charge on any atom is 0.171 e. The maximum atomic E-state index is 5.39. The highest BCUT2D eigenvalue weighted by Crippen LogP contribution is 2.30. The predicted molar refractivity (Wildman–Crippen MR) is 73.7 cm³/mol. The van der Waals surface area contributed by atoms with Crippen LogP contribution in [0.3, 0.4) is 0 Å². The first-order chi connectivity index (χ1) is 9.17. The quantitative estimate of drug-likeness (QED) is 0.729. The van der Waals surface area contributed by atoms with Crippen LogP contribution in [0.15, 0.2) is 18.2 Å². The number of hydrogen-bond donors (Lipinski definition) is 1. The number of rotatable bonds is 8. The zero-order valence-corrected chi connectivity index (χ0v) is 12.2. The van der Waals surface area contributed by atoms with Crippen molar-refractivity contribution in [1.29, 1.82) is 0 Å². The second kappa shape index (κ2) is 7.99. The lowest BCUT2D eigenvalue weighted by Gasteiger charge is -2.23. The van der Waals surface area contributed by atoms with Gasteiger partial charge in [0.25, 0.3) is 0 Å². The van der Waals surface area contributed by atoms with Gasteiger partial charge in [-0.1, -0.05) is 12.1 Å². The molecule has 1 aromatic carbocycles. The van der Waals surface area contributed by atoms with Crippen LogP contribution in [0.4, 0.5) is 0 Å². The van der Waals surface area contributed by atoms with Crippen molar-refractivity contribution in [2.45, 2.75) is 25.8 Å². The summed E-state index contributed by atoms with van der Waals surface area (Å²) in [5.41, 5.74) is 1.03. The number of methoxy groups -OCH3 is 4. The fourth-order valence-electron chi connectivity index (χ4n) is 1.96. The topological polar surface area (TPSA) is 49.0 Å². The van der Waals surface area contributed by atoms with E-state index in [1.54, 1.807) is 28.4 Å². The third-order valence-corrected chi connectivity index (χ3v) is 2.97. The molecule has 0 aromatic heterocycles. The molecule has 0 spiro atoms. The predicted octanol–water partition coefficient (Wildman–Crippen LogP) is 1.80. The van der Waals surface area contributed by atoms with E-state index in [2.05, 4.69) is 5.32 Å². The van der Waals surface area contributed by atoms with E-state index in [1.165, 1.54) is 0 Å². The minimum atomic E-state index is -0.281. The summed E-state index contributed by atoms with van der Waals surface area (Å²) in [7, 11) is 6.51. The van der Waals surface area contributed by atoms with Gasteiger partial charge in [-0.15, -0.1) is 0 Å². The van der Waals surface area contributed by atoms with Gasteiger partial charge in [0.15, 0.2) is 17.8 Å². The molecule has 19 heavy (non-hydrogen) atoms. The van der Waals surface area contributed by atoms with Gasteiger partial charge in [0, 0.05) is 26.3 Å². The van der Waals surface area contributed by atoms with Crippen LogP contribution in [-0.4, -0.2) is 40.8 Å². The Kier molecular flexibility index (Phi) is 6.62. The van der Waals surface area contributed by atoms with Crippen molar-refractivity contribution < 1.29 is 18.9 Å². The molecule has 1 rings (SSSR count). The lowest BCUT2D eigenvalue weighted by Crippen LogP contribution is -2.39. The highest BCUT2D eigenvalue weighted by atomic mass is 16.7. The fraction of sp³-hybridized carbons (Fsp3) is 0.571. The van der Waals surface area contributed by atoms with E-state index < -0.39 is 0 Å². The second-order valence-electron chi connectivity index (χ2n) is 4.16. The van der Waals surface area contributed by atoms with Gasteiger partial charge in [-0.2, -0.15) is 0 Å². The Morgan fingerprint density at radius 3 is 2.26 bits per heavy atom. The van der Waals surface area contributed by atoms with E-state index in [0.29, 0.717) is 6.54 Å². The van der Waals surface area contributed by atoms with Crippen LogP contribution in [0.25, 0.3) is 0 Å². The molecule has 1 atom stereocenters. The smallest absolute Gasteiger partial charge is 0.171 e. The second-order valence-corrected chi connectivity index (χ2v) is 4.16. The van der Waals surface area contributed by atoms with Crippen LogP contribution in [-0.2, 0) is 16.0 Å². The van der Waals surface area contributed by atoms with E-state index >= 15 is 0 Å². The summed E-state index contributed by atoms with van der Waals surface area (Å²) in [6, 6.07) is 5.87. The molecular formula is C14H23NO4. The molecule has 0 aliphatic heterocycles. The molecule has 108 valence electrons. The van der Waals surface area contributed by atoms with Crippen molar-refractivity contribution in [3.63, 3.8) is 0 Å². The summed E-state index contributed by atoms with van der Waals surface area (Å²) < 4.78 is 21.1. The molecule has 0 radical (unpaired) electrons. The Bertz CT molecular complexity index is 380. The minimum absolute atomic E-state index is 0.0610. The maximum absolute atomic E-state index is 5.39. The summed E-state index contributed by atoms with van der Waals surface area (Å²) in [5, 5.41) is 3.34. The molecule has 0 saturated carbocycles. The van der Waals surface area contributed by atoms with Gasteiger partial charge >= 0.3 is 0 Å². The Morgan fingerprint density at radius 1 is 1.05 bits per heavy atom. The Hall–Kier alpha value is -1.30. The third-order valence-electron chi connectivity index (χ3n) is 2.97. The monoisotopic (exact) mass is 269 g/mol. The van der Waals surface area contributed by atoms with Crippen LogP contribution in [0.5, 0.6) is 11.5 Å². The van der Waals surface area contributed by atoms with Crippen molar-refractivity contribution in [2.24, 2.45) is 0 Å². The molecule has 0 bridgehead atoms. The van der Waals surface area contributed by atoms with E-state index in [-0.39, 0.29) is 12.3 Å². The number of ether oxygens (including phenoxy) is 4. The largest absolute Gasteiger partial charge is 0.493 e. The van der Waals surface area contributed by atoms with E-state index in [4.69, 9.17) is 18.9 Å². The molecule has 1 unspecified atom stereocenters. The van der Waals surface area contributed by atoms with Crippen molar-refractivity contribution in [1.82, 2.24) is 5.32 Å². The number of hydrogen-bond acceptors (Lipinski definition) is 5. The highest BCUT2D eigenvalue weighted by molar-refractivity contribution is 5.46. The van der Waals surface area contributed by atoms with Gasteiger partial charge in [0.2, 0.25) is 0 Å². The van der Waals surface area contributed by atoms with Crippen LogP contribution >= 0.6 is 0 Å². The number of para-hydroxylation sites is 1. The van der Waals surface area contributed by atoms with Crippen LogP contribution in [0, 0.1) is 0 Å². The molecule has 0 saturated heterocycles. The van der Waals surface area contributed by atoms with Crippen LogP contribution < -0.4 is 14.8 Å². The number of benzene rings is 1. The standard InChI is InChI=1S/C14H23NO4/c1-10(14(18-4)19-5)15-9-11-7-6-8-12(16-2)13(11)17-3/h6-8,10,14-15H,9H2,1-5H3. The van der Waals surface area contributed by atoms with Gasteiger partial charge in [-0.25, -0.2) is 0 Å². The Balaban J connectivity index is 2.72. The van der Waals surface area contributed by atoms with Gasteiger partial charge in [-0.05, 0) is 13.0 Å². The third kappa shape index (κ3) is 4.09. The summed E-state index contributed by atoms with van der Waals surface area (Å²) in [6.45, 7) is 2.65. The fourth-order valence-corrected chi connectivity index (χ4v) is 1.96. The molecule has 0 amide bonds. The van der Waals surface area contributed by atoms with Crippen LogP contribution in [0.2, 0.25) is 0 Å². The molecule has 1 aromatic rings. The first-order valence-corrected chi connectivity index (χ1v) is 6.16. The molecule has 5 heteroatoms. The van der Waals surface area contributed by atoms with Gasteiger partial charge < -0.3 is 24.3 Å². The van der Waals surface area contributed by atoms with E-state index in [0.717, 1.165) is 17.1 Å². The molecule has 1 N–H and O–H groups in total. The molecular weight excluding hydrogens is 246 g/mol. The first kappa shape index (κ1) is 15.8. The van der Waals surface area contributed by atoms with Crippen molar-refractivity contribution >= 4 is 0 Å². The molecule has 0 heterocycles. The van der Waals surface area contributed by atoms with Crippen molar-refractivity contribution in [2.75, 3.05) is 28.4 Å². The molecule has 0 aliphatic rings. The lowest BCUT2D eigenvalue weighted by molar-refractivity contribution is -0.119. The molecule has 0 fully saturated rings. The highest BCUT2D eigenvalue weighted by Gasteiger charge is 2.16. The molecule has 0 aliphatic carbocycles. The number of nitrogens with one attached hydrogen (secondary N) is 1. The average Bonchev–Trinajstić information content (AvgIpc) is 2.45. The molecule has 5 nitrogen and oxygen atoms in total. The van der Waals surface area contributed by atoms with Crippen LogP contribution in [0.1, 0.15) is 12.5 Å².